The van der Waals surface area contributed by atoms with Gasteiger partial charge < -0.3 is 4.90 Å². The van der Waals surface area contributed by atoms with Gasteiger partial charge in [-0.1, -0.05) is 23.7 Å². The van der Waals surface area contributed by atoms with Gasteiger partial charge in [0.25, 0.3) is 5.91 Å². The summed E-state index contributed by atoms with van der Waals surface area (Å²) in [5.74, 6) is -0.269. The van der Waals surface area contributed by atoms with E-state index in [9.17, 15) is 4.79 Å². The number of hydrogen-bond donors (Lipinski definition) is 1. The average molecular weight is 375 g/mol. The van der Waals surface area contributed by atoms with Crippen LogP contribution >= 0.6 is 23.8 Å². The highest BCUT2D eigenvalue weighted by Gasteiger charge is 2.21. The van der Waals surface area contributed by atoms with Crippen molar-refractivity contribution in [2.24, 2.45) is 0 Å². The number of halogens is 1. The number of aromatic nitrogens is 1. The number of rotatable bonds is 3. The zero-order valence-electron chi connectivity index (χ0n) is 13.7. The lowest BCUT2D eigenvalue weighted by atomic mass is 10.2. The quantitative estimate of drug-likeness (QED) is 0.837. The van der Waals surface area contributed by atoms with Crippen LogP contribution in [-0.4, -0.2) is 52.0 Å². The lowest BCUT2D eigenvalue weighted by Gasteiger charge is -2.36. The van der Waals surface area contributed by atoms with E-state index in [1.165, 1.54) is 5.56 Å². The smallest absolute Gasteiger partial charge is 0.258 e. The molecule has 0 unspecified atom stereocenters. The zero-order chi connectivity index (χ0) is 17.6. The Balaban J connectivity index is 1.50. The first-order valence-corrected chi connectivity index (χ1v) is 8.88. The van der Waals surface area contributed by atoms with Crippen molar-refractivity contribution in [1.29, 1.82) is 0 Å². The topological polar surface area (TPSA) is 48.5 Å². The molecule has 7 heteroatoms. The van der Waals surface area contributed by atoms with E-state index in [0.717, 1.165) is 32.7 Å². The van der Waals surface area contributed by atoms with Gasteiger partial charge in [0.05, 0.1) is 10.6 Å². The number of thiocarbonyl (C=S) groups is 1. The number of nitrogens with one attached hydrogen (secondary N) is 1. The SMILES string of the molecule is O=C(NC(=S)N1CCN(Cc2ccncc2)CC1)c1ccccc1Cl. The summed E-state index contributed by atoms with van der Waals surface area (Å²) in [7, 11) is 0. The largest absolute Gasteiger partial charge is 0.346 e. The van der Waals surface area contributed by atoms with E-state index < -0.39 is 0 Å². The first kappa shape index (κ1) is 17.8. The van der Waals surface area contributed by atoms with Crippen molar-refractivity contribution >= 4 is 34.8 Å². The van der Waals surface area contributed by atoms with Gasteiger partial charge in [0, 0.05) is 45.1 Å². The molecule has 1 aliphatic heterocycles. The Hall–Kier alpha value is -2.02. The van der Waals surface area contributed by atoms with Crippen LogP contribution in [0.1, 0.15) is 15.9 Å². The molecule has 0 saturated carbocycles. The molecular weight excluding hydrogens is 356 g/mol. The van der Waals surface area contributed by atoms with E-state index in [2.05, 4.69) is 15.2 Å². The molecule has 1 aromatic heterocycles. The van der Waals surface area contributed by atoms with Crippen molar-refractivity contribution in [2.45, 2.75) is 6.54 Å². The number of benzene rings is 1. The van der Waals surface area contributed by atoms with Crippen molar-refractivity contribution in [3.63, 3.8) is 0 Å². The molecular formula is C18H19ClN4OS. The van der Waals surface area contributed by atoms with Crippen molar-refractivity contribution in [2.75, 3.05) is 26.2 Å². The summed E-state index contributed by atoms with van der Waals surface area (Å²) in [6.07, 6.45) is 3.62. The summed E-state index contributed by atoms with van der Waals surface area (Å²) in [6, 6.07) is 11.0. The Morgan fingerprint density at radius 1 is 1.12 bits per heavy atom. The van der Waals surface area contributed by atoms with Gasteiger partial charge in [0.1, 0.15) is 0 Å². The number of carbonyl (C=O) groups is 1. The Morgan fingerprint density at radius 3 is 2.48 bits per heavy atom. The number of pyridine rings is 1. The number of nitrogens with zero attached hydrogens (tertiary/aromatic N) is 3. The second-order valence-electron chi connectivity index (χ2n) is 5.86. The Kier molecular flexibility index (Phi) is 5.96. The van der Waals surface area contributed by atoms with E-state index in [1.807, 2.05) is 29.4 Å². The molecule has 1 saturated heterocycles. The fraction of sp³-hybridized carbons (Fsp3) is 0.278. The van der Waals surface area contributed by atoms with Gasteiger partial charge in [-0.2, -0.15) is 0 Å². The molecule has 1 amide bonds. The molecule has 1 aromatic carbocycles. The molecule has 0 aliphatic carbocycles. The maximum atomic E-state index is 12.3. The van der Waals surface area contributed by atoms with Crippen molar-refractivity contribution in [1.82, 2.24) is 20.1 Å². The number of hydrogen-bond acceptors (Lipinski definition) is 4. The number of amides is 1. The van der Waals surface area contributed by atoms with E-state index in [4.69, 9.17) is 23.8 Å². The molecule has 0 atom stereocenters. The molecule has 0 spiro atoms. The van der Waals surface area contributed by atoms with Gasteiger partial charge in [-0.05, 0) is 42.0 Å². The zero-order valence-corrected chi connectivity index (χ0v) is 15.3. The summed E-state index contributed by atoms with van der Waals surface area (Å²) >= 11 is 11.4. The molecule has 5 nitrogen and oxygen atoms in total. The van der Waals surface area contributed by atoms with E-state index in [1.54, 1.807) is 24.3 Å². The lowest BCUT2D eigenvalue weighted by Crippen LogP contribution is -2.52. The van der Waals surface area contributed by atoms with E-state index >= 15 is 0 Å². The Morgan fingerprint density at radius 2 is 1.80 bits per heavy atom. The van der Waals surface area contributed by atoms with Gasteiger partial charge in [-0.15, -0.1) is 0 Å². The first-order chi connectivity index (χ1) is 12.1. The molecule has 1 N–H and O–H groups in total. The normalized spacial score (nSPS) is 15.0. The van der Waals surface area contributed by atoms with Crippen molar-refractivity contribution in [3.05, 3.63) is 64.9 Å². The maximum absolute atomic E-state index is 12.3. The molecule has 2 heterocycles. The maximum Gasteiger partial charge on any atom is 0.258 e. The average Bonchev–Trinajstić information content (AvgIpc) is 2.63. The van der Waals surface area contributed by atoms with Gasteiger partial charge in [-0.25, -0.2) is 0 Å². The van der Waals surface area contributed by atoms with Crippen LogP contribution in [0.25, 0.3) is 0 Å². The molecule has 1 aliphatic rings. The Bertz CT molecular complexity index is 748. The predicted molar refractivity (Wildman–Crippen MR) is 103 cm³/mol. The highest BCUT2D eigenvalue weighted by molar-refractivity contribution is 7.80. The molecule has 25 heavy (non-hydrogen) atoms. The van der Waals surface area contributed by atoms with Crippen molar-refractivity contribution < 1.29 is 4.79 Å². The first-order valence-electron chi connectivity index (χ1n) is 8.09. The van der Waals surface area contributed by atoms with Crippen LogP contribution in [0.4, 0.5) is 0 Å². The van der Waals surface area contributed by atoms with Gasteiger partial charge >= 0.3 is 0 Å². The third-order valence-corrected chi connectivity index (χ3v) is 4.84. The van der Waals surface area contributed by atoms with Gasteiger partial charge in [0.2, 0.25) is 0 Å². The van der Waals surface area contributed by atoms with Crippen LogP contribution in [0.5, 0.6) is 0 Å². The minimum atomic E-state index is -0.269. The molecule has 0 bridgehead atoms. The van der Waals surface area contributed by atoms with Gasteiger partial charge in [-0.3, -0.25) is 20.0 Å². The second-order valence-corrected chi connectivity index (χ2v) is 6.65. The summed E-state index contributed by atoms with van der Waals surface area (Å²) in [5.41, 5.74) is 1.68. The fourth-order valence-electron chi connectivity index (χ4n) is 2.74. The molecule has 3 rings (SSSR count). The van der Waals surface area contributed by atoms with Crippen molar-refractivity contribution in [3.8, 4) is 0 Å². The standard InChI is InChI=1S/C18H19ClN4OS/c19-16-4-2-1-3-15(16)17(24)21-18(25)23-11-9-22(10-12-23)13-14-5-7-20-8-6-14/h1-8H,9-13H2,(H,21,24,25). The highest BCUT2D eigenvalue weighted by atomic mass is 35.5. The third-order valence-electron chi connectivity index (χ3n) is 4.15. The van der Waals surface area contributed by atoms with E-state index in [0.29, 0.717) is 15.7 Å². The van der Waals surface area contributed by atoms with Crippen LogP contribution in [-0.2, 0) is 6.54 Å². The highest BCUT2D eigenvalue weighted by Crippen LogP contribution is 2.15. The monoisotopic (exact) mass is 374 g/mol. The summed E-state index contributed by atoms with van der Waals surface area (Å²) in [4.78, 5) is 20.7. The second kappa shape index (κ2) is 8.38. The van der Waals surface area contributed by atoms with Crippen LogP contribution in [0.15, 0.2) is 48.8 Å². The summed E-state index contributed by atoms with van der Waals surface area (Å²) in [5, 5.41) is 3.65. The van der Waals surface area contributed by atoms with Crippen LogP contribution < -0.4 is 5.32 Å². The van der Waals surface area contributed by atoms with Crippen LogP contribution in [0.2, 0.25) is 5.02 Å². The summed E-state index contributed by atoms with van der Waals surface area (Å²) < 4.78 is 0. The predicted octanol–water partition coefficient (Wildman–Crippen LogP) is 2.57. The molecule has 130 valence electrons. The molecule has 2 aromatic rings. The third kappa shape index (κ3) is 4.75. The van der Waals surface area contributed by atoms with Crippen LogP contribution in [0.3, 0.4) is 0 Å². The Labute approximate surface area is 157 Å². The minimum absolute atomic E-state index is 0.269. The minimum Gasteiger partial charge on any atom is -0.346 e. The van der Waals surface area contributed by atoms with Crippen LogP contribution in [0, 0.1) is 0 Å². The van der Waals surface area contributed by atoms with Gasteiger partial charge in [0.15, 0.2) is 5.11 Å². The molecule has 0 radical (unpaired) electrons. The van der Waals surface area contributed by atoms with E-state index in [-0.39, 0.29) is 5.91 Å². The fourth-order valence-corrected chi connectivity index (χ4v) is 3.24. The lowest BCUT2D eigenvalue weighted by molar-refractivity contribution is 0.0969. The summed E-state index contributed by atoms with van der Waals surface area (Å²) in [6.45, 7) is 4.25. The molecule has 1 fully saturated rings. The number of piperazine rings is 1. The number of carbonyl (C=O) groups excluding carboxylic acids is 1.